The molecule has 1 aromatic carbocycles. The van der Waals surface area contributed by atoms with Gasteiger partial charge in [0.15, 0.2) is 0 Å². The minimum absolute atomic E-state index is 0. The molecule has 2 N–H and O–H groups in total. The van der Waals surface area contributed by atoms with Crippen molar-refractivity contribution in [2.24, 2.45) is 5.41 Å². The van der Waals surface area contributed by atoms with Crippen LogP contribution in [0.25, 0.3) is 10.9 Å². The minimum Gasteiger partial charge on any atom is -0.497 e. The number of aromatic nitrogens is 1. The van der Waals surface area contributed by atoms with Gasteiger partial charge < -0.3 is 29.4 Å². The molecule has 0 aliphatic carbocycles. The van der Waals surface area contributed by atoms with Crippen molar-refractivity contribution in [3.63, 3.8) is 0 Å². The molecule has 1 heterocycles. The average Bonchev–Trinajstić information content (AvgIpc) is 3.12. The summed E-state index contributed by atoms with van der Waals surface area (Å²) in [6.07, 6.45) is 2.46. The Morgan fingerprint density at radius 3 is 2.03 bits per heavy atom. The predicted octanol–water partition coefficient (Wildman–Crippen LogP) is 3.77. The monoisotopic (exact) mass is 624 g/mol. The first-order valence-corrected chi connectivity index (χ1v) is 9.96. The molecule has 0 saturated heterocycles. The number of fused-ring (bicyclic) bond motifs is 1. The second kappa shape index (κ2) is 18.8. The number of carbonyl (C=O) groups is 2. The molecule has 0 bridgehead atoms. The number of methoxy groups -OCH3 is 2. The zero-order chi connectivity index (χ0) is 24.6. The molecule has 0 atom stereocenters. The number of aldehydes is 1. The summed E-state index contributed by atoms with van der Waals surface area (Å²) in [7, 11) is 8.28. The number of hydrogen-bond donors (Lipinski definition) is 2. The predicted molar refractivity (Wildman–Crippen MR) is 125 cm³/mol. The fraction of sp³-hybridized carbons (Fsp3) is 0.565. The van der Waals surface area contributed by atoms with Crippen molar-refractivity contribution < 1.29 is 50.3 Å². The van der Waals surface area contributed by atoms with Crippen LogP contribution >= 0.6 is 0 Å². The Morgan fingerprint density at radius 2 is 1.69 bits per heavy atom. The van der Waals surface area contributed by atoms with Gasteiger partial charge in [0.05, 0.1) is 12.6 Å². The SMILES string of the molecule is CC(C)(C)C=O.CCOC.CO.COc1ccc2c(c1)c(CCN(C)C)cn2C(=O)O.[W]. The van der Waals surface area contributed by atoms with E-state index in [-0.39, 0.29) is 26.5 Å². The summed E-state index contributed by atoms with van der Waals surface area (Å²) in [4.78, 5) is 23.1. The van der Waals surface area contributed by atoms with E-state index in [0.717, 1.165) is 49.7 Å². The van der Waals surface area contributed by atoms with Gasteiger partial charge in [-0.2, -0.15) is 0 Å². The molecule has 0 radical (unpaired) electrons. The van der Waals surface area contributed by atoms with Crippen LogP contribution in [0, 0.1) is 5.41 Å². The molecule has 1 aromatic heterocycles. The number of aliphatic hydroxyl groups excluding tert-OH is 1. The van der Waals surface area contributed by atoms with E-state index in [1.54, 1.807) is 32.5 Å². The third-order valence-electron chi connectivity index (χ3n) is 3.77. The van der Waals surface area contributed by atoms with Gasteiger partial charge in [-0.3, -0.25) is 4.57 Å². The van der Waals surface area contributed by atoms with Crippen LogP contribution in [0.4, 0.5) is 4.79 Å². The Bertz CT molecular complexity index is 768. The van der Waals surface area contributed by atoms with E-state index < -0.39 is 6.09 Å². The maximum atomic E-state index is 11.2. The van der Waals surface area contributed by atoms with Gasteiger partial charge >= 0.3 is 6.09 Å². The van der Waals surface area contributed by atoms with Crippen molar-refractivity contribution in [2.75, 3.05) is 48.6 Å². The van der Waals surface area contributed by atoms with Crippen molar-refractivity contribution in [3.8, 4) is 5.75 Å². The molecule has 184 valence electrons. The summed E-state index contributed by atoms with van der Waals surface area (Å²) in [5.74, 6) is 0.738. The Morgan fingerprint density at radius 1 is 1.19 bits per heavy atom. The molecule has 9 heteroatoms. The number of carboxylic acid groups (broad SMARTS) is 1. The normalized spacial score (nSPS) is 9.84. The molecule has 0 saturated carbocycles. The number of nitrogens with zero attached hydrogens (tertiary/aromatic N) is 2. The molecule has 2 rings (SSSR count). The number of likely N-dealkylation sites (N-methyl/N-ethyl adjacent to an activating group) is 1. The summed E-state index contributed by atoms with van der Waals surface area (Å²) in [5, 5.41) is 17.2. The first-order chi connectivity index (χ1) is 14.5. The molecule has 0 aliphatic heterocycles. The topological polar surface area (TPSA) is 101 Å². The minimum atomic E-state index is -0.966. The molecule has 8 nitrogen and oxygen atoms in total. The van der Waals surface area contributed by atoms with Gasteiger partial charge in [0.25, 0.3) is 0 Å². The van der Waals surface area contributed by atoms with Crippen molar-refractivity contribution >= 4 is 23.3 Å². The molecular weight excluding hydrogens is 584 g/mol. The maximum Gasteiger partial charge on any atom is 0.416 e. The number of ether oxygens (including phenoxy) is 2. The first-order valence-electron chi connectivity index (χ1n) is 9.96. The quantitative estimate of drug-likeness (QED) is 0.489. The molecule has 0 aliphatic rings. The summed E-state index contributed by atoms with van der Waals surface area (Å²) < 4.78 is 11.0. The van der Waals surface area contributed by atoms with Crippen LogP contribution in [0.15, 0.2) is 24.4 Å². The van der Waals surface area contributed by atoms with Crippen molar-refractivity contribution in [2.45, 2.75) is 34.1 Å². The van der Waals surface area contributed by atoms with Gasteiger partial charge in [-0.15, -0.1) is 0 Å². The largest absolute Gasteiger partial charge is 0.497 e. The van der Waals surface area contributed by atoms with Crippen LogP contribution in [0.3, 0.4) is 0 Å². The number of aliphatic hydroxyl groups is 1. The van der Waals surface area contributed by atoms with Crippen LogP contribution in [0.5, 0.6) is 5.75 Å². The van der Waals surface area contributed by atoms with E-state index in [9.17, 15) is 14.7 Å². The second-order valence-electron chi connectivity index (χ2n) is 7.80. The van der Waals surface area contributed by atoms with E-state index in [2.05, 4.69) is 9.64 Å². The fourth-order valence-corrected chi connectivity index (χ4v) is 2.11. The Balaban J connectivity index is -0.000000543. The molecule has 0 spiro atoms. The van der Waals surface area contributed by atoms with E-state index in [1.165, 1.54) is 4.57 Å². The molecule has 0 amide bonds. The van der Waals surface area contributed by atoms with Crippen LogP contribution in [0.2, 0.25) is 0 Å². The van der Waals surface area contributed by atoms with Crippen molar-refractivity contribution in [1.82, 2.24) is 9.47 Å². The Labute approximate surface area is 206 Å². The molecular formula is C23H40N2O6W. The third kappa shape index (κ3) is 14.4. The van der Waals surface area contributed by atoms with Crippen LogP contribution < -0.4 is 4.74 Å². The van der Waals surface area contributed by atoms with Gasteiger partial charge in [-0.05, 0) is 51.2 Å². The van der Waals surface area contributed by atoms with E-state index >= 15 is 0 Å². The zero-order valence-electron chi connectivity index (χ0n) is 20.8. The zero-order valence-corrected chi connectivity index (χ0v) is 23.8. The number of hydrogen-bond acceptors (Lipinski definition) is 6. The smallest absolute Gasteiger partial charge is 0.416 e. The van der Waals surface area contributed by atoms with Gasteiger partial charge in [-0.1, -0.05) is 20.8 Å². The third-order valence-corrected chi connectivity index (χ3v) is 3.77. The van der Waals surface area contributed by atoms with Crippen LogP contribution in [0.1, 0.15) is 33.3 Å². The molecule has 32 heavy (non-hydrogen) atoms. The first kappa shape index (κ1) is 34.9. The van der Waals surface area contributed by atoms with Crippen molar-refractivity contribution in [3.05, 3.63) is 30.0 Å². The van der Waals surface area contributed by atoms with Gasteiger partial charge in [0, 0.05) is 65.4 Å². The van der Waals surface area contributed by atoms with E-state index in [0.29, 0.717) is 5.52 Å². The van der Waals surface area contributed by atoms with Gasteiger partial charge in [0.1, 0.15) is 12.0 Å². The number of benzene rings is 1. The number of rotatable bonds is 5. The molecule has 2 aromatic rings. The Hall–Kier alpha value is -1.73. The second-order valence-corrected chi connectivity index (χ2v) is 7.80. The standard InChI is InChI=1S/C14H18N2O3.C5H10O.C3H8O.CH4O.W/c1-15(2)7-6-10-9-16(14(17)18)13-5-4-11(19-3)8-12(10)13;1-5(2,3)4-6;1-3-4-2;1-2;/h4-5,8-9H,6-7H2,1-3H3,(H,17,18);4H,1-3H3;3H2,1-2H3;2H,1H3;. The summed E-state index contributed by atoms with van der Waals surface area (Å²) in [6.45, 7) is 9.27. The maximum absolute atomic E-state index is 11.2. The fourth-order valence-electron chi connectivity index (χ4n) is 2.11. The van der Waals surface area contributed by atoms with Gasteiger partial charge in [-0.25, -0.2) is 4.79 Å². The average molecular weight is 624 g/mol. The van der Waals surface area contributed by atoms with Crippen LogP contribution in [-0.2, 0) is 37.0 Å². The van der Waals surface area contributed by atoms with Crippen molar-refractivity contribution in [1.29, 1.82) is 0 Å². The number of carbonyl (C=O) groups excluding carboxylic acids is 1. The molecule has 0 fully saturated rings. The Kier molecular flexibility index (Phi) is 20.5. The van der Waals surface area contributed by atoms with E-state index in [4.69, 9.17) is 9.84 Å². The molecule has 0 unspecified atom stereocenters. The van der Waals surface area contributed by atoms with Crippen LogP contribution in [-0.4, -0.2) is 80.6 Å². The summed E-state index contributed by atoms with van der Waals surface area (Å²) >= 11 is 0. The van der Waals surface area contributed by atoms with E-state index in [1.807, 2.05) is 47.9 Å². The summed E-state index contributed by atoms with van der Waals surface area (Å²) in [6, 6.07) is 5.44. The summed E-state index contributed by atoms with van der Waals surface area (Å²) in [5.41, 5.74) is 1.58. The van der Waals surface area contributed by atoms with Gasteiger partial charge in [0.2, 0.25) is 0 Å².